The number of benzene rings is 1. The van der Waals surface area contributed by atoms with E-state index in [1.165, 1.54) is 36.7 Å². The number of carbonyl (C=O) groups excluding carboxylic acids is 1. The summed E-state index contributed by atoms with van der Waals surface area (Å²) in [7, 11) is 5.10. The molecule has 0 radical (unpaired) electrons. The van der Waals surface area contributed by atoms with Crippen molar-refractivity contribution in [3.8, 4) is 5.88 Å². The summed E-state index contributed by atoms with van der Waals surface area (Å²) in [5.41, 5.74) is -0.514. The number of carbonyl (C=O) groups is 1. The molecule has 0 saturated heterocycles. The number of aromatic nitrogens is 1. The number of alkyl halides is 3. The van der Waals surface area contributed by atoms with Crippen molar-refractivity contribution in [2.24, 2.45) is 4.99 Å². The fourth-order valence-corrected chi connectivity index (χ4v) is 3.09. The lowest BCUT2D eigenvalue weighted by molar-refractivity contribution is -0.137. The zero-order valence-electron chi connectivity index (χ0n) is 14.5. The molecule has 0 bridgehead atoms. The van der Waals surface area contributed by atoms with Gasteiger partial charge in [0.05, 0.1) is 17.6 Å². The summed E-state index contributed by atoms with van der Waals surface area (Å²) in [4.78, 5) is 22.8. The Hall–Kier alpha value is -2.88. The smallest absolute Gasteiger partial charge is 0.416 e. The van der Waals surface area contributed by atoms with Crippen LogP contribution in [0.2, 0.25) is 0 Å². The molecule has 1 aromatic heterocycles. The van der Waals surface area contributed by atoms with E-state index in [-0.39, 0.29) is 17.2 Å². The van der Waals surface area contributed by atoms with Crippen molar-refractivity contribution in [1.82, 2.24) is 4.98 Å². The van der Waals surface area contributed by atoms with Gasteiger partial charge in [0.1, 0.15) is 0 Å². The lowest BCUT2D eigenvalue weighted by atomic mass is 10.1. The summed E-state index contributed by atoms with van der Waals surface area (Å²) in [5.74, 6) is -0.426. The summed E-state index contributed by atoms with van der Waals surface area (Å²) in [6.45, 7) is 0. The van der Waals surface area contributed by atoms with Crippen LogP contribution >= 0.6 is 11.3 Å². The second-order valence-electron chi connectivity index (χ2n) is 5.68. The largest absolute Gasteiger partial charge is 0.480 e. The van der Waals surface area contributed by atoms with Crippen molar-refractivity contribution < 1.29 is 27.4 Å². The molecule has 0 fully saturated rings. The van der Waals surface area contributed by atoms with E-state index in [2.05, 4.69) is 9.98 Å². The van der Waals surface area contributed by atoms with Gasteiger partial charge in [-0.3, -0.25) is 0 Å². The molecular weight excluding hydrogens is 383 g/mol. The van der Waals surface area contributed by atoms with Crippen molar-refractivity contribution in [3.05, 3.63) is 46.0 Å². The second kappa shape index (κ2) is 7.03. The molecule has 0 spiro atoms. The number of halogens is 3. The van der Waals surface area contributed by atoms with E-state index in [1.54, 1.807) is 4.90 Å². The van der Waals surface area contributed by atoms with Gasteiger partial charge in [-0.1, -0.05) is 11.3 Å². The Bertz CT molecular complexity index is 931. The van der Waals surface area contributed by atoms with Gasteiger partial charge in [0.2, 0.25) is 11.8 Å². The van der Waals surface area contributed by atoms with Gasteiger partial charge in [-0.2, -0.15) is 18.2 Å². The van der Waals surface area contributed by atoms with Crippen LogP contribution in [0.15, 0.2) is 35.0 Å². The van der Waals surface area contributed by atoms with Crippen LogP contribution in [0.4, 0.5) is 18.3 Å². The standard InChI is InChI=1S/C17H14F3N3O3S/c1-23(2)16-22-14(25-3)12(27-16)8-11-15(24)26-13(21-11)9-4-6-10(7-5-9)17(18,19)20/h4-8H,1-3H3. The van der Waals surface area contributed by atoms with Crippen molar-refractivity contribution in [3.63, 3.8) is 0 Å². The Morgan fingerprint density at radius 2 is 1.89 bits per heavy atom. The Morgan fingerprint density at radius 3 is 2.44 bits per heavy atom. The number of rotatable bonds is 4. The average Bonchev–Trinajstić information content (AvgIpc) is 3.18. The molecular formula is C17H14F3N3O3S. The number of hydrogen-bond donors (Lipinski definition) is 0. The lowest BCUT2D eigenvalue weighted by Crippen LogP contribution is -2.08. The third-order valence-electron chi connectivity index (χ3n) is 3.53. The molecule has 0 saturated carbocycles. The maximum Gasteiger partial charge on any atom is 0.416 e. The minimum absolute atomic E-state index is 0.0113. The first-order chi connectivity index (χ1) is 12.7. The second-order valence-corrected chi connectivity index (χ2v) is 6.68. The first kappa shape index (κ1) is 18.9. The number of aliphatic imine (C=N–C) groups is 1. The number of thiazole rings is 1. The van der Waals surface area contributed by atoms with Gasteiger partial charge in [0, 0.05) is 19.7 Å². The van der Waals surface area contributed by atoms with Crippen LogP contribution in [0, 0.1) is 0 Å². The van der Waals surface area contributed by atoms with Crippen LogP contribution < -0.4 is 9.64 Å². The SMILES string of the molecule is COc1nc(N(C)C)sc1C=C1N=C(c2ccc(C(F)(F)F)cc2)OC1=O. The zero-order chi connectivity index (χ0) is 19.8. The predicted molar refractivity (Wildman–Crippen MR) is 95.0 cm³/mol. The third kappa shape index (κ3) is 3.95. The molecule has 2 aromatic rings. The van der Waals surface area contributed by atoms with Gasteiger partial charge in [0.25, 0.3) is 0 Å². The summed E-state index contributed by atoms with van der Waals surface area (Å²) in [6, 6.07) is 4.22. The summed E-state index contributed by atoms with van der Waals surface area (Å²) in [6.07, 6.45) is -2.96. The maximum absolute atomic E-state index is 12.6. The highest BCUT2D eigenvalue weighted by Gasteiger charge is 2.31. The van der Waals surface area contributed by atoms with E-state index >= 15 is 0 Å². The molecule has 1 aromatic carbocycles. The highest BCUT2D eigenvalue weighted by molar-refractivity contribution is 7.16. The first-order valence-electron chi connectivity index (χ1n) is 7.61. The van der Waals surface area contributed by atoms with Crippen molar-refractivity contribution in [2.75, 3.05) is 26.1 Å². The number of ether oxygens (including phenoxy) is 2. The molecule has 1 aliphatic heterocycles. The van der Waals surface area contributed by atoms with Crippen LogP contribution in [0.3, 0.4) is 0 Å². The van der Waals surface area contributed by atoms with Crippen LogP contribution in [0.5, 0.6) is 5.88 Å². The number of cyclic esters (lactones) is 1. The molecule has 0 N–H and O–H groups in total. The van der Waals surface area contributed by atoms with Crippen molar-refractivity contribution in [2.45, 2.75) is 6.18 Å². The maximum atomic E-state index is 12.6. The van der Waals surface area contributed by atoms with Gasteiger partial charge < -0.3 is 14.4 Å². The number of esters is 1. The minimum atomic E-state index is -4.44. The Kier molecular flexibility index (Phi) is 4.92. The van der Waals surface area contributed by atoms with E-state index in [0.717, 1.165) is 12.1 Å². The Balaban J connectivity index is 1.91. The van der Waals surface area contributed by atoms with Gasteiger partial charge in [-0.15, -0.1) is 0 Å². The molecule has 1 aliphatic rings. The molecule has 0 unspecified atom stereocenters. The molecule has 10 heteroatoms. The number of nitrogens with zero attached hydrogens (tertiary/aromatic N) is 3. The molecule has 142 valence electrons. The molecule has 0 atom stereocenters. The van der Waals surface area contributed by atoms with E-state index in [0.29, 0.717) is 15.9 Å². The molecule has 2 heterocycles. The van der Waals surface area contributed by atoms with Crippen molar-refractivity contribution >= 4 is 34.4 Å². The Morgan fingerprint density at radius 1 is 1.22 bits per heavy atom. The van der Waals surface area contributed by atoms with Gasteiger partial charge in [0.15, 0.2) is 10.8 Å². The summed E-state index contributed by atoms with van der Waals surface area (Å²) < 4.78 is 48.2. The third-order valence-corrected chi connectivity index (χ3v) is 4.68. The van der Waals surface area contributed by atoms with Gasteiger partial charge in [-0.05, 0) is 30.3 Å². The van der Waals surface area contributed by atoms with Crippen LogP contribution in [-0.4, -0.2) is 38.1 Å². The van der Waals surface area contributed by atoms with Crippen molar-refractivity contribution in [1.29, 1.82) is 0 Å². The zero-order valence-corrected chi connectivity index (χ0v) is 15.3. The van der Waals surface area contributed by atoms with Gasteiger partial charge >= 0.3 is 12.1 Å². The van der Waals surface area contributed by atoms with Crippen LogP contribution in [-0.2, 0) is 15.7 Å². The van der Waals surface area contributed by atoms with E-state index in [4.69, 9.17) is 9.47 Å². The fraction of sp³-hybridized carbons (Fsp3) is 0.235. The normalized spacial score (nSPS) is 15.7. The quantitative estimate of drug-likeness (QED) is 0.583. The fourth-order valence-electron chi connectivity index (χ4n) is 2.19. The van der Waals surface area contributed by atoms with E-state index < -0.39 is 17.7 Å². The molecule has 6 nitrogen and oxygen atoms in total. The summed E-state index contributed by atoms with van der Waals surface area (Å²) >= 11 is 1.29. The molecule has 3 rings (SSSR count). The number of methoxy groups -OCH3 is 1. The van der Waals surface area contributed by atoms with Gasteiger partial charge in [-0.25, -0.2) is 9.79 Å². The first-order valence-corrected chi connectivity index (χ1v) is 8.43. The molecule has 0 aliphatic carbocycles. The summed E-state index contributed by atoms with van der Waals surface area (Å²) in [5, 5.41) is 0.678. The highest BCUT2D eigenvalue weighted by atomic mass is 32.1. The van der Waals surface area contributed by atoms with Crippen LogP contribution in [0.1, 0.15) is 16.0 Å². The predicted octanol–water partition coefficient (Wildman–Crippen LogP) is 3.58. The monoisotopic (exact) mass is 397 g/mol. The molecule has 27 heavy (non-hydrogen) atoms. The topological polar surface area (TPSA) is 64.0 Å². The van der Waals surface area contributed by atoms with Crippen LogP contribution in [0.25, 0.3) is 6.08 Å². The van der Waals surface area contributed by atoms with E-state index in [9.17, 15) is 18.0 Å². The number of anilines is 1. The van der Waals surface area contributed by atoms with E-state index in [1.807, 2.05) is 14.1 Å². The highest BCUT2D eigenvalue weighted by Crippen LogP contribution is 2.34. The average molecular weight is 397 g/mol. The number of hydrogen-bond acceptors (Lipinski definition) is 7. The minimum Gasteiger partial charge on any atom is -0.480 e. The Labute approximate surface area is 156 Å². The molecule has 0 amide bonds. The lowest BCUT2D eigenvalue weighted by Gasteiger charge is -2.06.